The molecule has 4 aromatic rings. The van der Waals surface area contributed by atoms with Crippen molar-refractivity contribution in [3.05, 3.63) is 108 Å². The van der Waals surface area contributed by atoms with Crippen LogP contribution in [0.2, 0.25) is 0 Å². The molecule has 1 aliphatic rings. The third-order valence-electron chi connectivity index (χ3n) is 6.24. The van der Waals surface area contributed by atoms with E-state index in [1.54, 1.807) is 0 Å². The molecule has 0 bridgehead atoms. The van der Waals surface area contributed by atoms with Gasteiger partial charge in [0.05, 0.1) is 0 Å². The average Bonchev–Trinajstić information content (AvgIpc) is 3.41. The normalized spacial score (nSPS) is 12.7. The van der Waals surface area contributed by atoms with Crippen LogP contribution in [0.5, 0.6) is 0 Å². The van der Waals surface area contributed by atoms with E-state index >= 15 is 0 Å². The van der Waals surface area contributed by atoms with Gasteiger partial charge in [-0.05, 0) is 10.8 Å². The van der Waals surface area contributed by atoms with E-state index in [1.807, 2.05) is 6.07 Å². The molecule has 5 rings (SSSR count). The van der Waals surface area contributed by atoms with E-state index in [9.17, 15) is 0 Å². The van der Waals surface area contributed by atoms with Crippen LogP contribution in [0.25, 0.3) is 27.1 Å². The molecule has 3 heteroatoms. The Morgan fingerprint density at radius 2 is 1.17 bits per heavy atom. The van der Waals surface area contributed by atoms with Gasteiger partial charge in [0, 0.05) is 0 Å². The smallest absolute Gasteiger partial charge is 1.00 e. The molecule has 180 valence electrons. The van der Waals surface area contributed by atoms with Gasteiger partial charge in [-0.25, -0.2) is 6.08 Å². The molecular weight excluding hydrogens is 546 g/mol. The molecule has 4 aromatic carbocycles. The summed E-state index contributed by atoms with van der Waals surface area (Å²) in [6, 6.07) is 26.5. The fourth-order valence-electron chi connectivity index (χ4n) is 4.16. The molecule has 0 aliphatic heterocycles. The van der Waals surface area contributed by atoms with Crippen molar-refractivity contribution in [3.63, 3.8) is 0 Å². The van der Waals surface area contributed by atoms with Crippen LogP contribution < -0.4 is 24.8 Å². The Kier molecular flexibility index (Phi) is 11.4. The van der Waals surface area contributed by atoms with E-state index in [2.05, 4.69) is 127 Å². The molecule has 0 atom stereocenters. The first kappa shape index (κ1) is 31.5. The topological polar surface area (TPSA) is 0 Å². The van der Waals surface area contributed by atoms with Gasteiger partial charge < -0.3 is 24.8 Å². The standard InChI is InChI=1S/C21H25.C11H9.2ClH.Zr/c1-20(2,3)16-9-7-14-11-15-8-10-17(21(4,5)6)13-19(15)18(14)12-16;1-2-6-10(7-3-1)11-8-4-5-9-11;;;/h7-13H,1-6H3;1-3,6-9H,4H2;2*1H;/q2*-1;;;+4/p-2. The summed E-state index contributed by atoms with van der Waals surface area (Å²) in [5, 5.41) is 5.49. The Bertz CT molecular complexity index is 1230. The van der Waals surface area contributed by atoms with Gasteiger partial charge in [-0.3, -0.25) is 6.08 Å². The summed E-state index contributed by atoms with van der Waals surface area (Å²) in [6.07, 6.45) is 8.36. The zero-order valence-corrected chi connectivity index (χ0v) is 25.5. The molecule has 0 spiro atoms. The summed E-state index contributed by atoms with van der Waals surface area (Å²) in [5.74, 6) is 0. The Balaban J connectivity index is 0.000000375. The number of benzene rings is 3. The molecule has 0 saturated carbocycles. The maximum atomic E-state index is 3.15. The largest absolute Gasteiger partial charge is 4.00 e. The van der Waals surface area contributed by atoms with Crippen molar-refractivity contribution < 1.29 is 51.0 Å². The fraction of sp³-hybridized carbons (Fsp3) is 0.281. The van der Waals surface area contributed by atoms with Crippen molar-refractivity contribution in [2.75, 3.05) is 0 Å². The number of rotatable bonds is 1. The van der Waals surface area contributed by atoms with Crippen LogP contribution in [-0.2, 0) is 37.0 Å². The van der Waals surface area contributed by atoms with Crippen LogP contribution in [-0.4, -0.2) is 0 Å². The molecule has 0 fully saturated rings. The summed E-state index contributed by atoms with van der Waals surface area (Å²) in [5.41, 5.74) is 5.79. The van der Waals surface area contributed by atoms with Gasteiger partial charge in [-0.15, -0.1) is 51.7 Å². The quantitative estimate of drug-likeness (QED) is 0.304. The second-order valence-corrected chi connectivity index (χ2v) is 10.8. The number of allylic oxidation sites excluding steroid dienone is 4. The van der Waals surface area contributed by atoms with Crippen molar-refractivity contribution >= 4 is 27.1 Å². The molecule has 0 amide bonds. The van der Waals surface area contributed by atoms with Crippen molar-refractivity contribution in [1.82, 2.24) is 0 Å². The number of halogens is 2. The number of hydrogen-bond donors (Lipinski definition) is 0. The predicted molar refractivity (Wildman–Crippen MR) is 141 cm³/mol. The van der Waals surface area contributed by atoms with E-state index < -0.39 is 0 Å². The van der Waals surface area contributed by atoms with Crippen molar-refractivity contribution in [2.45, 2.75) is 58.8 Å². The zero-order valence-electron chi connectivity index (χ0n) is 21.5. The first-order valence-corrected chi connectivity index (χ1v) is 11.6. The molecule has 1 aliphatic carbocycles. The molecule has 0 radical (unpaired) electrons. The molecule has 0 heterocycles. The molecule has 0 aromatic heterocycles. The van der Waals surface area contributed by atoms with Crippen LogP contribution in [0.4, 0.5) is 0 Å². The van der Waals surface area contributed by atoms with Crippen molar-refractivity contribution in [1.29, 1.82) is 0 Å². The minimum Gasteiger partial charge on any atom is -1.00 e. The average molecular weight is 581 g/mol. The first-order chi connectivity index (χ1) is 15.1. The van der Waals surface area contributed by atoms with Crippen LogP contribution in [0.3, 0.4) is 0 Å². The summed E-state index contributed by atoms with van der Waals surface area (Å²) < 4.78 is 0. The van der Waals surface area contributed by atoms with Gasteiger partial charge >= 0.3 is 26.2 Å². The first-order valence-electron chi connectivity index (χ1n) is 11.6. The Labute approximate surface area is 243 Å². The van der Waals surface area contributed by atoms with E-state index in [-0.39, 0.29) is 61.8 Å². The zero-order chi connectivity index (χ0) is 22.9. The van der Waals surface area contributed by atoms with E-state index in [0.717, 1.165) is 6.42 Å². The predicted octanol–water partition coefficient (Wildman–Crippen LogP) is 3.15. The molecule has 0 N–H and O–H groups in total. The molecule has 0 saturated heterocycles. The van der Waals surface area contributed by atoms with Crippen molar-refractivity contribution in [2.24, 2.45) is 0 Å². The van der Waals surface area contributed by atoms with E-state index in [0.29, 0.717) is 0 Å². The number of fused-ring (bicyclic) bond motifs is 3. The third kappa shape index (κ3) is 7.48. The maximum Gasteiger partial charge on any atom is 4.00 e. The Morgan fingerprint density at radius 1 is 0.686 bits per heavy atom. The minimum atomic E-state index is 0. The van der Waals surface area contributed by atoms with Crippen LogP contribution in [0.15, 0.2) is 84.9 Å². The van der Waals surface area contributed by atoms with Gasteiger partial charge in [0.1, 0.15) is 0 Å². The number of hydrogen-bond acceptors (Lipinski definition) is 0. The second-order valence-electron chi connectivity index (χ2n) is 10.8. The van der Waals surface area contributed by atoms with Crippen molar-refractivity contribution in [3.8, 4) is 0 Å². The van der Waals surface area contributed by atoms with Gasteiger partial charge in [0.2, 0.25) is 0 Å². The van der Waals surface area contributed by atoms with Crippen LogP contribution >= 0.6 is 0 Å². The second kappa shape index (κ2) is 12.6. The maximum absolute atomic E-state index is 3.15. The van der Waals surface area contributed by atoms with Crippen LogP contribution in [0, 0.1) is 6.08 Å². The SMILES string of the molecule is CC(C)(C)c1ccc2[cH-]c3ccc(C(C)(C)C)cc3c2c1.[C-]1=CC(c2ccccc2)=CC1.[Cl-].[Cl-].[Zr+4]. The van der Waals surface area contributed by atoms with Gasteiger partial charge in [-0.1, -0.05) is 107 Å². The minimum absolute atomic E-state index is 0. The summed E-state index contributed by atoms with van der Waals surface area (Å²) >= 11 is 0. The van der Waals surface area contributed by atoms with E-state index in [4.69, 9.17) is 0 Å². The molecular formula is C32H34Cl2Zr. The monoisotopic (exact) mass is 578 g/mol. The van der Waals surface area contributed by atoms with Gasteiger partial charge in [-0.2, -0.15) is 11.6 Å². The molecule has 0 nitrogen and oxygen atoms in total. The molecule has 0 unspecified atom stereocenters. The van der Waals surface area contributed by atoms with Gasteiger partial charge in [0.25, 0.3) is 0 Å². The fourth-order valence-corrected chi connectivity index (χ4v) is 4.16. The van der Waals surface area contributed by atoms with Gasteiger partial charge in [0.15, 0.2) is 0 Å². The Hall–Kier alpha value is -1.53. The summed E-state index contributed by atoms with van der Waals surface area (Å²) in [7, 11) is 0. The third-order valence-corrected chi connectivity index (χ3v) is 6.24. The summed E-state index contributed by atoms with van der Waals surface area (Å²) in [4.78, 5) is 0. The van der Waals surface area contributed by atoms with Crippen LogP contribution in [0.1, 0.15) is 64.7 Å². The molecule has 35 heavy (non-hydrogen) atoms. The van der Waals surface area contributed by atoms with E-state index in [1.165, 1.54) is 43.8 Å². The Morgan fingerprint density at radius 3 is 1.57 bits per heavy atom. The summed E-state index contributed by atoms with van der Waals surface area (Å²) in [6.45, 7) is 13.7.